The molecule has 1 amide bonds. The van der Waals surface area contributed by atoms with Crippen LogP contribution in [0.1, 0.15) is 21.5 Å². The second-order valence-corrected chi connectivity index (χ2v) is 6.75. The lowest BCUT2D eigenvalue weighted by atomic mass is 10.1. The van der Waals surface area contributed by atoms with Gasteiger partial charge in [-0.15, -0.1) is 0 Å². The highest BCUT2D eigenvalue weighted by atomic mass is 79.9. The molecule has 4 nitrogen and oxygen atoms in total. The van der Waals surface area contributed by atoms with E-state index in [0.717, 1.165) is 15.7 Å². The number of halogens is 1. The minimum Gasteiger partial charge on any atom is -0.507 e. The van der Waals surface area contributed by atoms with Gasteiger partial charge in [-0.1, -0.05) is 33.6 Å². The Hall–Kier alpha value is -2.92. The third-order valence-corrected chi connectivity index (χ3v) is 4.24. The highest BCUT2D eigenvalue weighted by Crippen LogP contribution is 2.22. The van der Waals surface area contributed by atoms with Gasteiger partial charge in [-0.05, 0) is 61.5 Å². The molecule has 2 N–H and O–H groups in total. The number of hydrogen-bond acceptors (Lipinski definition) is 3. The van der Waals surface area contributed by atoms with E-state index in [4.69, 9.17) is 0 Å². The molecular weight excluding hydrogens is 392 g/mol. The quantitative estimate of drug-likeness (QED) is 0.562. The monoisotopic (exact) mass is 408 g/mol. The molecule has 130 valence electrons. The average Bonchev–Trinajstić information content (AvgIpc) is 2.63. The number of phenols is 1. The van der Waals surface area contributed by atoms with Crippen molar-refractivity contribution in [3.63, 3.8) is 0 Å². The number of carbonyl (C=O) groups excluding carboxylic acids is 1. The number of nitrogens with one attached hydrogen (secondary N) is 1. The van der Waals surface area contributed by atoms with Crippen LogP contribution < -0.4 is 5.32 Å². The number of aryl methyl sites for hydroxylation is 1. The molecule has 0 radical (unpaired) electrons. The Kier molecular flexibility index (Phi) is 5.49. The molecule has 0 aromatic heterocycles. The van der Waals surface area contributed by atoms with Crippen LogP contribution in [0, 0.1) is 6.92 Å². The molecule has 0 aliphatic heterocycles. The number of aromatic hydroxyl groups is 1. The molecule has 0 saturated heterocycles. The van der Waals surface area contributed by atoms with Crippen molar-refractivity contribution in [2.45, 2.75) is 6.92 Å². The lowest BCUT2D eigenvalue weighted by molar-refractivity contribution is 0.102. The van der Waals surface area contributed by atoms with Crippen LogP contribution in [0.5, 0.6) is 5.75 Å². The molecule has 0 heterocycles. The number of phenolic OH excluding ortho intramolecular Hbond substituents is 1. The van der Waals surface area contributed by atoms with Gasteiger partial charge >= 0.3 is 0 Å². The van der Waals surface area contributed by atoms with Crippen molar-refractivity contribution >= 4 is 39.4 Å². The third-order valence-electron chi connectivity index (χ3n) is 3.75. The van der Waals surface area contributed by atoms with E-state index in [9.17, 15) is 9.90 Å². The maximum atomic E-state index is 12.3. The summed E-state index contributed by atoms with van der Waals surface area (Å²) in [5.74, 6) is 0.0167. The number of hydrogen-bond donors (Lipinski definition) is 2. The zero-order valence-electron chi connectivity index (χ0n) is 14.1. The summed E-state index contributed by atoms with van der Waals surface area (Å²) in [6.07, 6.45) is 1.60. The van der Waals surface area contributed by atoms with Crippen LogP contribution in [0.3, 0.4) is 0 Å². The van der Waals surface area contributed by atoms with Crippen molar-refractivity contribution in [1.29, 1.82) is 0 Å². The Morgan fingerprint density at radius 1 is 1.08 bits per heavy atom. The van der Waals surface area contributed by atoms with E-state index >= 15 is 0 Å². The van der Waals surface area contributed by atoms with Gasteiger partial charge in [-0.3, -0.25) is 9.79 Å². The second kappa shape index (κ2) is 7.97. The lowest BCUT2D eigenvalue weighted by Crippen LogP contribution is -2.11. The Morgan fingerprint density at radius 2 is 1.85 bits per heavy atom. The molecule has 0 fully saturated rings. The van der Waals surface area contributed by atoms with E-state index < -0.39 is 0 Å². The molecule has 3 aromatic carbocycles. The number of carbonyl (C=O) groups is 1. The fourth-order valence-corrected chi connectivity index (χ4v) is 2.77. The molecule has 0 unspecified atom stereocenters. The van der Waals surface area contributed by atoms with Gasteiger partial charge in [0.25, 0.3) is 5.91 Å². The maximum Gasteiger partial charge on any atom is 0.255 e. The van der Waals surface area contributed by atoms with E-state index in [1.807, 2.05) is 25.1 Å². The van der Waals surface area contributed by atoms with E-state index in [0.29, 0.717) is 16.8 Å². The van der Waals surface area contributed by atoms with Crippen LogP contribution in [-0.4, -0.2) is 17.2 Å². The first kappa shape index (κ1) is 17.9. The standard InChI is InChI=1S/C21H17BrN2O2/c1-14-3-2-4-15(11-14)21(26)24-19-8-6-18(7-9-19)23-13-16-12-17(22)5-10-20(16)25/h2-13,25H,1H3,(H,24,26). The Bertz CT molecular complexity index is 966. The second-order valence-electron chi connectivity index (χ2n) is 5.83. The lowest BCUT2D eigenvalue weighted by Gasteiger charge is -2.06. The van der Waals surface area contributed by atoms with Crippen LogP contribution in [0.25, 0.3) is 0 Å². The molecule has 0 aliphatic carbocycles. The fraction of sp³-hybridized carbons (Fsp3) is 0.0476. The Balaban J connectivity index is 1.69. The molecule has 0 aliphatic rings. The van der Waals surface area contributed by atoms with Crippen LogP contribution in [0.15, 0.2) is 76.2 Å². The molecule has 26 heavy (non-hydrogen) atoms. The zero-order chi connectivity index (χ0) is 18.5. The number of anilines is 1. The first-order valence-corrected chi connectivity index (χ1v) is 8.81. The van der Waals surface area contributed by atoms with Gasteiger partial charge in [0.15, 0.2) is 0 Å². The normalized spacial score (nSPS) is 10.8. The summed E-state index contributed by atoms with van der Waals surface area (Å²) in [6.45, 7) is 1.95. The highest BCUT2D eigenvalue weighted by molar-refractivity contribution is 9.10. The highest BCUT2D eigenvalue weighted by Gasteiger charge is 2.06. The third kappa shape index (κ3) is 4.58. The Labute approximate surface area is 160 Å². The largest absolute Gasteiger partial charge is 0.507 e. The van der Waals surface area contributed by atoms with Crippen molar-refractivity contribution in [2.75, 3.05) is 5.32 Å². The van der Waals surface area contributed by atoms with Crippen molar-refractivity contribution in [2.24, 2.45) is 4.99 Å². The fourth-order valence-electron chi connectivity index (χ4n) is 2.39. The molecule has 3 rings (SSSR count). The smallest absolute Gasteiger partial charge is 0.255 e. The number of nitrogens with zero attached hydrogens (tertiary/aromatic N) is 1. The van der Waals surface area contributed by atoms with Gasteiger partial charge in [0.1, 0.15) is 5.75 Å². The van der Waals surface area contributed by atoms with Gasteiger partial charge < -0.3 is 10.4 Å². The molecule has 5 heteroatoms. The summed E-state index contributed by atoms with van der Waals surface area (Å²) in [5, 5.41) is 12.7. The van der Waals surface area contributed by atoms with Crippen molar-refractivity contribution < 1.29 is 9.90 Å². The topological polar surface area (TPSA) is 61.7 Å². The minimum atomic E-state index is -0.149. The summed E-state index contributed by atoms with van der Waals surface area (Å²) in [6, 6.07) is 19.8. The van der Waals surface area contributed by atoms with Crippen molar-refractivity contribution in [1.82, 2.24) is 0 Å². The van der Waals surface area contributed by atoms with Crippen molar-refractivity contribution in [3.8, 4) is 5.75 Å². The number of rotatable bonds is 4. The van der Waals surface area contributed by atoms with Crippen LogP contribution >= 0.6 is 15.9 Å². The molecule has 0 atom stereocenters. The van der Waals surface area contributed by atoms with E-state index in [1.54, 1.807) is 54.7 Å². The SMILES string of the molecule is Cc1cccc(C(=O)Nc2ccc(N=Cc3cc(Br)ccc3O)cc2)c1. The van der Waals surface area contributed by atoms with Crippen LogP contribution in [0.4, 0.5) is 11.4 Å². The van der Waals surface area contributed by atoms with Gasteiger partial charge in [-0.25, -0.2) is 0 Å². The van der Waals surface area contributed by atoms with E-state index in [2.05, 4.69) is 26.2 Å². The van der Waals surface area contributed by atoms with Gasteiger partial charge in [0.2, 0.25) is 0 Å². The predicted molar refractivity (Wildman–Crippen MR) is 109 cm³/mol. The van der Waals surface area contributed by atoms with Crippen LogP contribution in [-0.2, 0) is 0 Å². The van der Waals surface area contributed by atoms with E-state index in [1.165, 1.54) is 0 Å². The summed E-state index contributed by atoms with van der Waals surface area (Å²) >= 11 is 3.37. The predicted octanol–water partition coefficient (Wildman–Crippen LogP) is 5.47. The van der Waals surface area contributed by atoms with Gasteiger partial charge in [0, 0.05) is 27.5 Å². The number of benzene rings is 3. The molecular formula is C21H17BrN2O2. The van der Waals surface area contributed by atoms with Crippen LogP contribution in [0.2, 0.25) is 0 Å². The summed E-state index contributed by atoms with van der Waals surface area (Å²) < 4.78 is 0.867. The molecule has 3 aromatic rings. The first-order valence-electron chi connectivity index (χ1n) is 8.02. The van der Waals surface area contributed by atoms with Gasteiger partial charge in [-0.2, -0.15) is 0 Å². The molecule has 0 saturated carbocycles. The van der Waals surface area contributed by atoms with Gasteiger partial charge in [0.05, 0.1) is 5.69 Å². The zero-order valence-corrected chi connectivity index (χ0v) is 15.7. The Morgan fingerprint density at radius 3 is 2.58 bits per heavy atom. The minimum absolute atomic E-state index is 0.149. The first-order chi connectivity index (χ1) is 12.5. The summed E-state index contributed by atoms with van der Waals surface area (Å²) in [5.41, 5.74) is 3.70. The molecule has 0 spiro atoms. The number of amides is 1. The van der Waals surface area contributed by atoms with E-state index in [-0.39, 0.29) is 11.7 Å². The maximum absolute atomic E-state index is 12.3. The van der Waals surface area contributed by atoms with Crippen molar-refractivity contribution in [3.05, 3.63) is 87.9 Å². The average molecular weight is 409 g/mol. The molecule has 0 bridgehead atoms. The summed E-state index contributed by atoms with van der Waals surface area (Å²) in [7, 11) is 0. The summed E-state index contributed by atoms with van der Waals surface area (Å²) in [4.78, 5) is 16.6. The number of aliphatic imine (C=N–C) groups is 1.